The topological polar surface area (TPSA) is 3.24 Å². The van der Waals surface area contributed by atoms with E-state index in [0.29, 0.717) is 0 Å². The van der Waals surface area contributed by atoms with Crippen LogP contribution < -0.4 is 0 Å². The van der Waals surface area contributed by atoms with Crippen molar-refractivity contribution in [3.8, 4) is 0 Å². The zero-order valence-corrected chi connectivity index (χ0v) is 6.96. The predicted octanol–water partition coefficient (Wildman–Crippen LogP) is 1.30. The van der Waals surface area contributed by atoms with E-state index in [1.54, 1.807) is 0 Å². The van der Waals surface area contributed by atoms with Crippen molar-refractivity contribution < 1.29 is 0 Å². The van der Waals surface area contributed by atoms with Crippen molar-refractivity contribution in [2.45, 2.75) is 12.2 Å². The van der Waals surface area contributed by atoms with Gasteiger partial charge in [-0.15, -0.1) is 0 Å². The molecule has 0 aromatic carbocycles. The summed E-state index contributed by atoms with van der Waals surface area (Å²) >= 11 is 1.91. The third-order valence-corrected chi connectivity index (χ3v) is 1.98. The van der Waals surface area contributed by atoms with E-state index in [4.69, 9.17) is 0 Å². The molecule has 0 spiro atoms. The molecule has 2 heteroatoms. The molecule has 0 aliphatic carbocycles. The monoisotopic (exact) mass is 133 g/mol. The Bertz CT molecular complexity index is 54.5. The first-order valence-electron chi connectivity index (χ1n) is 2.84. The van der Waals surface area contributed by atoms with Crippen LogP contribution in [0.2, 0.25) is 0 Å². The van der Waals surface area contributed by atoms with Crippen LogP contribution in [0.4, 0.5) is 0 Å². The van der Waals surface area contributed by atoms with E-state index >= 15 is 0 Å². The average molecular weight is 133 g/mol. The standard InChI is InChI=1S/C6H15NS/c1-6(8-4)5-7(2)3/h6H,5H2,1-4H3/t6-/m1/s1. The minimum absolute atomic E-state index is 0.769. The van der Waals surface area contributed by atoms with E-state index in [1.165, 1.54) is 6.54 Å². The molecule has 0 fully saturated rings. The van der Waals surface area contributed by atoms with Gasteiger partial charge in [0, 0.05) is 11.8 Å². The highest BCUT2D eigenvalue weighted by Gasteiger charge is 1.98. The first kappa shape index (κ1) is 8.31. The van der Waals surface area contributed by atoms with Crippen molar-refractivity contribution in [3.63, 3.8) is 0 Å². The molecule has 0 radical (unpaired) electrons. The Morgan fingerprint density at radius 3 is 2.12 bits per heavy atom. The van der Waals surface area contributed by atoms with Crippen LogP contribution in [-0.2, 0) is 0 Å². The van der Waals surface area contributed by atoms with Gasteiger partial charge in [-0.25, -0.2) is 0 Å². The van der Waals surface area contributed by atoms with E-state index in [2.05, 4.69) is 32.2 Å². The fourth-order valence-electron chi connectivity index (χ4n) is 0.589. The van der Waals surface area contributed by atoms with Crippen LogP contribution in [0.3, 0.4) is 0 Å². The Kier molecular flexibility index (Phi) is 4.38. The Labute approximate surface area is 56.4 Å². The third-order valence-electron chi connectivity index (χ3n) is 1.02. The summed E-state index contributed by atoms with van der Waals surface area (Å²) in [6.07, 6.45) is 2.15. The summed E-state index contributed by atoms with van der Waals surface area (Å²) in [5, 5.41) is 0.769. The highest BCUT2D eigenvalue weighted by Crippen LogP contribution is 2.04. The maximum atomic E-state index is 2.24. The smallest absolute Gasteiger partial charge is 0.0143 e. The third kappa shape index (κ3) is 4.47. The number of hydrogen-bond acceptors (Lipinski definition) is 2. The van der Waals surface area contributed by atoms with E-state index in [0.717, 1.165) is 5.25 Å². The second-order valence-corrected chi connectivity index (χ2v) is 3.58. The maximum Gasteiger partial charge on any atom is 0.0143 e. The number of nitrogens with zero attached hydrogens (tertiary/aromatic N) is 1. The molecule has 0 aliphatic heterocycles. The molecule has 1 nitrogen and oxygen atoms in total. The van der Waals surface area contributed by atoms with Gasteiger partial charge in [-0.05, 0) is 20.4 Å². The summed E-state index contributed by atoms with van der Waals surface area (Å²) in [5.74, 6) is 0. The molecule has 8 heavy (non-hydrogen) atoms. The molecule has 0 aromatic heterocycles. The molecule has 0 heterocycles. The van der Waals surface area contributed by atoms with E-state index in [9.17, 15) is 0 Å². The Morgan fingerprint density at radius 2 is 2.00 bits per heavy atom. The molecular weight excluding hydrogens is 118 g/mol. The first-order valence-corrected chi connectivity index (χ1v) is 4.13. The summed E-state index contributed by atoms with van der Waals surface area (Å²) in [5.41, 5.74) is 0. The summed E-state index contributed by atoms with van der Waals surface area (Å²) in [7, 11) is 4.21. The lowest BCUT2D eigenvalue weighted by atomic mass is 10.4. The van der Waals surface area contributed by atoms with Gasteiger partial charge in [0.2, 0.25) is 0 Å². The van der Waals surface area contributed by atoms with Crippen LogP contribution in [0.25, 0.3) is 0 Å². The van der Waals surface area contributed by atoms with Crippen LogP contribution >= 0.6 is 11.8 Å². The van der Waals surface area contributed by atoms with Gasteiger partial charge in [0.25, 0.3) is 0 Å². The molecule has 0 saturated heterocycles. The van der Waals surface area contributed by atoms with Gasteiger partial charge in [0.1, 0.15) is 0 Å². The van der Waals surface area contributed by atoms with Gasteiger partial charge in [0.15, 0.2) is 0 Å². The summed E-state index contributed by atoms with van der Waals surface area (Å²) in [4.78, 5) is 2.21. The fourth-order valence-corrected chi connectivity index (χ4v) is 1.04. The van der Waals surface area contributed by atoms with Crippen LogP contribution in [0.15, 0.2) is 0 Å². The van der Waals surface area contributed by atoms with Gasteiger partial charge < -0.3 is 4.90 Å². The molecule has 0 amide bonds. The minimum atomic E-state index is 0.769. The second-order valence-electron chi connectivity index (χ2n) is 2.31. The number of thioether (sulfide) groups is 1. The molecule has 0 N–H and O–H groups in total. The zero-order chi connectivity index (χ0) is 6.57. The van der Waals surface area contributed by atoms with Crippen LogP contribution in [0.5, 0.6) is 0 Å². The molecule has 0 unspecified atom stereocenters. The highest BCUT2D eigenvalue weighted by molar-refractivity contribution is 7.99. The van der Waals surface area contributed by atoms with Crippen LogP contribution in [0.1, 0.15) is 6.92 Å². The van der Waals surface area contributed by atoms with Gasteiger partial charge in [-0.1, -0.05) is 6.92 Å². The van der Waals surface area contributed by atoms with Crippen molar-refractivity contribution in [3.05, 3.63) is 0 Å². The van der Waals surface area contributed by atoms with Crippen molar-refractivity contribution in [2.75, 3.05) is 26.9 Å². The van der Waals surface area contributed by atoms with E-state index < -0.39 is 0 Å². The Hall–Kier alpha value is 0.310. The lowest BCUT2D eigenvalue weighted by Gasteiger charge is -2.13. The number of hydrogen-bond donors (Lipinski definition) is 0. The maximum absolute atomic E-state index is 2.24. The average Bonchev–Trinajstić information content (AvgIpc) is 1.65. The van der Waals surface area contributed by atoms with Crippen molar-refractivity contribution in [1.29, 1.82) is 0 Å². The number of rotatable bonds is 3. The van der Waals surface area contributed by atoms with Gasteiger partial charge >= 0.3 is 0 Å². The lowest BCUT2D eigenvalue weighted by molar-refractivity contribution is 0.414. The second kappa shape index (κ2) is 4.21. The molecule has 0 aliphatic rings. The lowest BCUT2D eigenvalue weighted by Crippen LogP contribution is -2.20. The normalized spacial score (nSPS) is 14.6. The Balaban J connectivity index is 3.10. The quantitative estimate of drug-likeness (QED) is 0.571. The molecule has 0 aromatic rings. The van der Waals surface area contributed by atoms with E-state index in [1.807, 2.05) is 11.8 Å². The first-order chi connectivity index (χ1) is 3.66. The Morgan fingerprint density at radius 1 is 1.50 bits per heavy atom. The van der Waals surface area contributed by atoms with Crippen molar-refractivity contribution in [2.24, 2.45) is 0 Å². The fraction of sp³-hybridized carbons (Fsp3) is 1.00. The van der Waals surface area contributed by atoms with Crippen LogP contribution in [0, 0.1) is 0 Å². The molecule has 0 bridgehead atoms. The SMILES string of the molecule is CS[C@H](C)CN(C)C. The predicted molar refractivity (Wildman–Crippen MR) is 41.5 cm³/mol. The highest BCUT2D eigenvalue weighted by atomic mass is 32.2. The van der Waals surface area contributed by atoms with E-state index in [-0.39, 0.29) is 0 Å². The molecule has 0 rings (SSSR count). The van der Waals surface area contributed by atoms with Crippen molar-refractivity contribution in [1.82, 2.24) is 4.90 Å². The summed E-state index contributed by atoms with van der Waals surface area (Å²) < 4.78 is 0. The molecular formula is C6H15NS. The molecule has 50 valence electrons. The van der Waals surface area contributed by atoms with Gasteiger partial charge in [-0.2, -0.15) is 11.8 Å². The van der Waals surface area contributed by atoms with Gasteiger partial charge in [0.05, 0.1) is 0 Å². The summed E-state index contributed by atoms with van der Waals surface area (Å²) in [6.45, 7) is 3.42. The summed E-state index contributed by atoms with van der Waals surface area (Å²) in [6, 6.07) is 0. The van der Waals surface area contributed by atoms with Crippen LogP contribution in [-0.4, -0.2) is 37.0 Å². The molecule has 1 atom stereocenters. The molecule has 0 saturated carbocycles. The van der Waals surface area contributed by atoms with Gasteiger partial charge in [-0.3, -0.25) is 0 Å². The minimum Gasteiger partial charge on any atom is -0.308 e. The largest absolute Gasteiger partial charge is 0.308 e. The van der Waals surface area contributed by atoms with Crippen molar-refractivity contribution >= 4 is 11.8 Å². The zero-order valence-electron chi connectivity index (χ0n) is 6.14.